The SMILES string of the molecule is C#CCCC1(C)CCN(C(=O)OC(C)(C)C)CC1. The molecule has 1 heterocycles. The van der Waals surface area contributed by atoms with Crippen molar-refractivity contribution in [1.82, 2.24) is 4.90 Å². The van der Waals surface area contributed by atoms with E-state index in [0.29, 0.717) is 0 Å². The summed E-state index contributed by atoms with van der Waals surface area (Å²) < 4.78 is 5.38. The summed E-state index contributed by atoms with van der Waals surface area (Å²) in [4.78, 5) is 13.7. The third-order valence-electron chi connectivity index (χ3n) is 3.50. The quantitative estimate of drug-likeness (QED) is 0.704. The Bertz CT molecular complexity index is 327. The maximum absolute atomic E-state index is 11.9. The Morgan fingerprint density at radius 3 is 2.39 bits per heavy atom. The zero-order chi connectivity index (χ0) is 13.8. The molecule has 0 radical (unpaired) electrons. The van der Waals surface area contributed by atoms with Crippen molar-refractivity contribution in [2.45, 2.75) is 59.0 Å². The molecule has 0 aliphatic carbocycles. The highest BCUT2D eigenvalue weighted by atomic mass is 16.6. The van der Waals surface area contributed by atoms with Crippen molar-refractivity contribution in [3.63, 3.8) is 0 Å². The van der Waals surface area contributed by atoms with E-state index in [4.69, 9.17) is 11.2 Å². The first-order chi connectivity index (χ1) is 8.26. The maximum Gasteiger partial charge on any atom is 0.410 e. The van der Waals surface area contributed by atoms with Gasteiger partial charge in [0.25, 0.3) is 0 Å². The van der Waals surface area contributed by atoms with Crippen molar-refractivity contribution >= 4 is 6.09 Å². The number of piperidine rings is 1. The Balaban J connectivity index is 2.44. The fourth-order valence-corrected chi connectivity index (χ4v) is 2.18. The smallest absolute Gasteiger partial charge is 0.410 e. The van der Waals surface area contributed by atoms with Crippen LogP contribution < -0.4 is 0 Å². The average Bonchev–Trinajstić information content (AvgIpc) is 2.25. The molecule has 102 valence electrons. The van der Waals surface area contributed by atoms with Crippen molar-refractivity contribution in [3.05, 3.63) is 0 Å². The van der Waals surface area contributed by atoms with Crippen LogP contribution in [0.5, 0.6) is 0 Å². The lowest BCUT2D eigenvalue weighted by atomic mass is 9.77. The zero-order valence-electron chi connectivity index (χ0n) is 12.1. The molecule has 1 aliphatic rings. The Hall–Kier alpha value is -1.17. The van der Waals surface area contributed by atoms with Crippen molar-refractivity contribution in [2.75, 3.05) is 13.1 Å². The van der Waals surface area contributed by atoms with E-state index in [0.717, 1.165) is 38.8 Å². The first kappa shape index (κ1) is 14.9. The van der Waals surface area contributed by atoms with Crippen LogP contribution in [0.3, 0.4) is 0 Å². The van der Waals surface area contributed by atoms with E-state index in [1.807, 2.05) is 25.7 Å². The lowest BCUT2D eigenvalue weighted by Gasteiger charge is -2.39. The molecular formula is C15H25NO2. The molecule has 0 aromatic heterocycles. The zero-order valence-corrected chi connectivity index (χ0v) is 12.1. The van der Waals surface area contributed by atoms with Crippen LogP contribution in [0.25, 0.3) is 0 Å². The van der Waals surface area contributed by atoms with Gasteiger partial charge in [-0.15, -0.1) is 12.3 Å². The molecule has 0 saturated carbocycles. The lowest BCUT2D eigenvalue weighted by molar-refractivity contribution is 0.0112. The standard InChI is InChI=1S/C15H25NO2/c1-6-7-8-15(5)9-11-16(12-10-15)13(17)18-14(2,3)4/h1H,7-12H2,2-5H3. The molecule has 0 N–H and O–H groups in total. The van der Waals surface area contributed by atoms with Crippen molar-refractivity contribution in [3.8, 4) is 12.3 Å². The fraction of sp³-hybridized carbons (Fsp3) is 0.800. The van der Waals surface area contributed by atoms with Gasteiger partial charge in [0, 0.05) is 19.5 Å². The van der Waals surface area contributed by atoms with E-state index < -0.39 is 5.60 Å². The average molecular weight is 251 g/mol. The molecule has 0 bridgehead atoms. The molecule has 0 aromatic rings. The van der Waals surface area contributed by atoms with Gasteiger partial charge in [0.2, 0.25) is 0 Å². The molecule has 1 rings (SSSR count). The normalized spacial score (nSPS) is 19.2. The summed E-state index contributed by atoms with van der Waals surface area (Å²) in [6.45, 7) is 9.49. The molecule has 1 fully saturated rings. The lowest BCUT2D eigenvalue weighted by Crippen LogP contribution is -2.44. The van der Waals surface area contributed by atoms with E-state index in [1.54, 1.807) is 0 Å². The Morgan fingerprint density at radius 2 is 1.94 bits per heavy atom. The summed E-state index contributed by atoms with van der Waals surface area (Å²) in [6, 6.07) is 0. The minimum Gasteiger partial charge on any atom is -0.444 e. The number of ether oxygens (including phenoxy) is 1. The minimum atomic E-state index is -0.415. The van der Waals surface area contributed by atoms with Gasteiger partial charge in [-0.2, -0.15) is 0 Å². The topological polar surface area (TPSA) is 29.5 Å². The molecule has 0 spiro atoms. The molecule has 0 unspecified atom stereocenters. The minimum absolute atomic E-state index is 0.193. The highest BCUT2D eigenvalue weighted by Crippen LogP contribution is 2.35. The van der Waals surface area contributed by atoms with Gasteiger partial charge in [-0.25, -0.2) is 4.79 Å². The molecule has 3 nitrogen and oxygen atoms in total. The van der Waals surface area contributed by atoms with Gasteiger partial charge in [0.1, 0.15) is 5.60 Å². The number of hydrogen-bond acceptors (Lipinski definition) is 2. The number of amides is 1. The van der Waals surface area contributed by atoms with Crippen LogP contribution in [-0.2, 0) is 4.74 Å². The van der Waals surface area contributed by atoms with E-state index in [2.05, 4.69) is 12.8 Å². The van der Waals surface area contributed by atoms with Crippen LogP contribution in [0.4, 0.5) is 4.79 Å². The van der Waals surface area contributed by atoms with Gasteiger partial charge in [0.05, 0.1) is 0 Å². The Labute approximate surface area is 111 Å². The van der Waals surface area contributed by atoms with Gasteiger partial charge in [0.15, 0.2) is 0 Å². The Kier molecular flexibility index (Phi) is 4.67. The van der Waals surface area contributed by atoms with E-state index in [1.165, 1.54) is 0 Å². The van der Waals surface area contributed by atoms with Crippen molar-refractivity contribution in [1.29, 1.82) is 0 Å². The molecule has 1 aliphatic heterocycles. The number of rotatable bonds is 2. The summed E-state index contributed by atoms with van der Waals surface area (Å²) in [5, 5.41) is 0. The van der Waals surface area contributed by atoms with Crippen LogP contribution in [0.1, 0.15) is 53.4 Å². The van der Waals surface area contributed by atoms with E-state index >= 15 is 0 Å². The predicted octanol–water partition coefficient (Wildman–Crippen LogP) is 3.44. The van der Waals surface area contributed by atoms with E-state index in [-0.39, 0.29) is 11.5 Å². The molecular weight excluding hydrogens is 226 g/mol. The second kappa shape index (κ2) is 5.65. The summed E-state index contributed by atoms with van der Waals surface area (Å²) in [5.74, 6) is 2.70. The van der Waals surface area contributed by atoms with Crippen LogP contribution in [0, 0.1) is 17.8 Å². The van der Waals surface area contributed by atoms with Gasteiger partial charge in [-0.05, 0) is 45.4 Å². The molecule has 0 atom stereocenters. The number of nitrogens with zero attached hydrogens (tertiary/aromatic N) is 1. The third-order valence-corrected chi connectivity index (χ3v) is 3.50. The van der Waals surface area contributed by atoms with Crippen LogP contribution in [0.2, 0.25) is 0 Å². The fourth-order valence-electron chi connectivity index (χ4n) is 2.18. The number of terminal acetylenes is 1. The first-order valence-corrected chi connectivity index (χ1v) is 6.67. The van der Waals surface area contributed by atoms with Crippen molar-refractivity contribution < 1.29 is 9.53 Å². The largest absolute Gasteiger partial charge is 0.444 e. The number of carbonyl (C=O) groups is 1. The van der Waals surface area contributed by atoms with Gasteiger partial charge in [-0.1, -0.05) is 6.92 Å². The maximum atomic E-state index is 11.9. The van der Waals surface area contributed by atoms with Crippen LogP contribution >= 0.6 is 0 Å². The predicted molar refractivity (Wildman–Crippen MR) is 73.2 cm³/mol. The number of hydrogen-bond donors (Lipinski definition) is 0. The number of likely N-dealkylation sites (tertiary alicyclic amines) is 1. The Morgan fingerprint density at radius 1 is 1.39 bits per heavy atom. The summed E-state index contributed by atoms with van der Waals surface area (Å²) in [6.07, 6.45) is 9.01. The molecule has 3 heteroatoms. The molecule has 0 aromatic carbocycles. The highest BCUT2D eigenvalue weighted by molar-refractivity contribution is 5.68. The highest BCUT2D eigenvalue weighted by Gasteiger charge is 2.32. The second-order valence-corrected chi connectivity index (χ2v) is 6.48. The summed E-state index contributed by atoms with van der Waals surface area (Å²) in [5.41, 5.74) is -0.133. The van der Waals surface area contributed by atoms with Crippen molar-refractivity contribution in [2.24, 2.45) is 5.41 Å². The molecule has 1 amide bonds. The van der Waals surface area contributed by atoms with Gasteiger partial charge >= 0.3 is 6.09 Å². The molecule has 18 heavy (non-hydrogen) atoms. The third kappa shape index (κ3) is 4.60. The van der Waals surface area contributed by atoms with Crippen LogP contribution in [0.15, 0.2) is 0 Å². The molecule has 1 saturated heterocycles. The van der Waals surface area contributed by atoms with Crippen LogP contribution in [-0.4, -0.2) is 29.7 Å². The summed E-state index contributed by atoms with van der Waals surface area (Å²) >= 11 is 0. The summed E-state index contributed by atoms with van der Waals surface area (Å²) in [7, 11) is 0. The van der Waals surface area contributed by atoms with E-state index in [9.17, 15) is 4.79 Å². The second-order valence-electron chi connectivity index (χ2n) is 6.48. The van der Waals surface area contributed by atoms with Gasteiger partial charge < -0.3 is 9.64 Å². The van der Waals surface area contributed by atoms with Gasteiger partial charge in [-0.3, -0.25) is 0 Å². The number of carbonyl (C=O) groups excluding carboxylic acids is 1. The monoisotopic (exact) mass is 251 g/mol. The first-order valence-electron chi connectivity index (χ1n) is 6.67.